The summed E-state index contributed by atoms with van der Waals surface area (Å²) in [4.78, 5) is 19.3. The second kappa shape index (κ2) is 12.0. The average Bonchev–Trinajstić information content (AvgIpc) is 3.05. The lowest BCUT2D eigenvalue weighted by Crippen LogP contribution is -2.46. The van der Waals surface area contributed by atoms with E-state index in [4.69, 9.17) is 16.3 Å². The third-order valence-electron chi connectivity index (χ3n) is 4.09. The Bertz CT molecular complexity index is 592. The minimum Gasteiger partial charge on any atom is -0.466 e. The normalized spacial score (nSPS) is 16.8. The Kier molecular flexibility index (Phi) is 10.8. The molecule has 1 fully saturated rings. The maximum Gasteiger partial charge on any atom is 0.309 e. The van der Waals surface area contributed by atoms with Crippen molar-refractivity contribution >= 4 is 58.8 Å². The molecule has 0 spiro atoms. The number of rotatable bonds is 6. The van der Waals surface area contributed by atoms with Crippen molar-refractivity contribution in [3.63, 3.8) is 0 Å². The molecule has 1 aliphatic rings. The number of nitrogens with one attached hydrogen (secondary N) is 1. The zero-order valence-corrected chi connectivity index (χ0v) is 19.0. The highest BCUT2D eigenvalue weighted by atomic mass is 127. The van der Waals surface area contributed by atoms with E-state index in [-0.39, 0.29) is 42.4 Å². The van der Waals surface area contributed by atoms with Gasteiger partial charge in [0.15, 0.2) is 5.96 Å². The number of piperidine rings is 1. The van der Waals surface area contributed by atoms with E-state index in [1.54, 1.807) is 6.07 Å². The first-order valence-electron chi connectivity index (χ1n) is 8.68. The summed E-state index contributed by atoms with van der Waals surface area (Å²) in [5.41, 5.74) is 0. The first kappa shape index (κ1) is 23.5. The Morgan fingerprint density at radius 2 is 2.15 bits per heavy atom. The maximum absolute atomic E-state index is 11.8. The van der Waals surface area contributed by atoms with Gasteiger partial charge in [-0.3, -0.25) is 9.79 Å². The average molecular weight is 516 g/mol. The van der Waals surface area contributed by atoms with E-state index >= 15 is 0 Å². The SMILES string of the molecule is CCNC(=NCC(O)c1ccc(Cl)s1)N1CCC(C(=O)OCC)CC1.I. The summed E-state index contributed by atoms with van der Waals surface area (Å²) in [5, 5.41) is 13.5. The number of esters is 1. The number of hydrogen-bond donors (Lipinski definition) is 2. The second-order valence-corrected chi connectivity index (χ2v) is 7.61. The summed E-state index contributed by atoms with van der Waals surface area (Å²) in [5.74, 6) is 0.638. The summed E-state index contributed by atoms with van der Waals surface area (Å²) < 4.78 is 5.77. The highest BCUT2D eigenvalue weighted by Crippen LogP contribution is 2.27. The first-order valence-corrected chi connectivity index (χ1v) is 9.87. The molecule has 2 N–H and O–H groups in total. The number of aliphatic hydroxyl groups excluding tert-OH is 1. The molecule has 1 aromatic rings. The molecule has 0 amide bonds. The maximum atomic E-state index is 11.8. The van der Waals surface area contributed by atoms with Crippen molar-refractivity contribution in [2.24, 2.45) is 10.9 Å². The molecule has 1 aromatic heterocycles. The molecule has 1 unspecified atom stereocenters. The Morgan fingerprint density at radius 1 is 1.46 bits per heavy atom. The van der Waals surface area contributed by atoms with Crippen LogP contribution in [0.25, 0.3) is 0 Å². The van der Waals surface area contributed by atoms with Gasteiger partial charge in [0.25, 0.3) is 0 Å². The van der Waals surface area contributed by atoms with Gasteiger partial charge in [-0.1, -0.05) is 11.6 Å². The molecular weight excluding hydrogens is 489 g/mol. The lowest BCUT2D eigenvalue weighted by Gasteiger charge is -2.33. The highest BCUT2D eigenvalue weighted by molar-refractivity contribution is 14.0. The van der Waals surface area contributed by atoms with Gasteiger partial charge in [0.05, 0.1) is 23.4 Å². The first-order chi connectivity index (χ1) is 12.0. The summed E-state index contributed by atoms with van der Waals surface area (Å²) in [6, 6.07) is 3.60. The minimum atomic E-state index is -0.664. The third kappa shape index (κ3) is 6.86. The van der Waals surface area contributed by atoms with Gasteiger partial charge >= 0.3 is 5.97 Å². The molecule has 0 radical (unpaired) electrons. The molecule has 6 nitrogen and oxygen atoms in total. The van der Waals surface area contributed by atoms with Crippen LogP contribution in [-0.4, -0.2) is 54.7 Å². The van der Waals surface area contributed by atoms with Gasteiger partial charge in [-0.2, -0.15) is 0 Å². The zero-order valence-electron chi connectivity index (χ0n) is 15.1. The largest absolute Gasteiger partial charge is 0.466 e. The monoisotopic (exact) mass is 515 g/mol. The summed E-state index contributed by atoms with van der Waals surface area (Å²) in [6.45, 7) is 6.78. The van der Waals surface area contributed by atoms with Crippen LogP contribution in [0, 0.1) is 5.92 Å². The van der Waals surface area contributed by atoms with E-state index < -0.39 is 6.10 Å². The van der Waals surface area contributed by atoms with E-state index in [1.165, 1.54) is 11.3 Å². The van der Waals surface area contributed by atoms with Gasteiger partial charge in [-0.15, -0.1) is 35.3 Å². The van der Waals surface area contributed by atoms with Crippen LogP contribution in [0.5, 0.6) is 0 Å². The predicted octanol–water partition coefficient (Wildman–Crippen LogP) is 3.29. The number of aliphatic imine (C=N–C) groups is 1. The third-order valence-corrected chi connectivity index (χ3v) is 5.42. The summed E-state index contributed by atoms with van der Waals surface area (Å²) >= 11 is 7.28. The van der Waals surface area contributed by atoms with E-state index in [1.807, 2.05) is 19.9 Å². The number of nitrogens with zero attached hydrogens (tertiary/aromatic N) is 2. The van der Waals surface area contributed by atoms with Gasteiger partial charge in [0.1, 0.15) is 6.10 Å². The number of carbonyl (C=O) groups is 1. The molecule has 0 bridgehead atoms. The van der Waals surface area contributed by atoms with Crippen LogP contribution in [0.15, 0.2) is 17.1 Å². The van der Waals surface area contributed by atoms with Crippen LogP contribution in [0.1, 0.15) is 37.7 Å². The molecule has 1 atom stereocenters. The number of carbonyl (C=O) groups excluding carboxylic acids is 1. The molecule has 1 saturated heterocycles. The molecule has 26 heavy (non-hydrogen) atoms. The van der Waals surface area contributed by atoms with Crippen LogP contribution in [0.2, 0.25) is 4.34 Å². The molecule has 2 rings (SSSR count). The van der Waals surface area contributed by atoms with Gasteiger partial charge in [-0.25, -0.2) is 0 Å². The van der Waals surface area contributed by atoms with E-state index in [2.05, 4.69) is 15.2 Å². The number of guanidine groups is 1. The molecule has 9 heteroatoms. The smallest absolute Gasteiger partial charge is 0.309 e. The van der Waals surface area contributed by atoms with Crippen LogP contribution in [0.4, 0.5) is 0 Å². The number of halogens is 2. The lowest BCUT2D eigenvalue weighted by molar-refractivity contribution is -0.149. The Hall–Kier alpha value is -0.580. The number of thiophene rings is 1. The van der Waals surface area contributed by atoms with Crippen molar-refractivity contribution < 1.29 is 14.6 Å². The fourth-order valence-electron chi connectivity index (χ4n) is 2.78. The molecule has 148 valence electrons. The zero-order chi connectivity index (χ0) is 18.2. The van der Waals surface area contributed by atoms with Crippen LogP contribution in [-0.2, 0) is 9.53 Å². The van der Waals surface area contributed by atoms with Crippen LogP contribution < -0.4 is 5.32 Å². The van der Waals surface area contributed by atoms with Crippen LogP contribution >= 0.6 is 46.9 Å². The van der Waals surface area contributed by atoms with Gasteiger partial charge in [0, 0.05) is 24.5 Å². The standard InChI is InChI=1S/C17H26ClN3O3S.HI/c1-3-19-17(20-11-13(22)14-5-6-15(18)25-14)21-9-7-12(8-10-21)16(23)24-4-2;/h5-6,12-13,22H,3-4,7-11H2,1-2H3,(H,19,20);1H. The topological polar surface area (TPSA) is 74.2 Å². The van der Waals surface area contributed by atoms with Crippen molar-refractivity contribution in [1.29, 1.82) is 0 Å². The molecule has 0 aliphatic carbocycles. The van der Waals surface area contributed by atoms with Gasteiger partial charge in [0.2, 0.25) is 0 Å². The van der Waals surface area contributed by atoms with Gasteiger partial charge < -0.3 is 20.1 Å². The summed E-state index contributed by atoms with van der Waals surface area (Å²) in [7, 11) is 0. The molecule has 1 aliphatic heterocycles. The van der Waals surface area contributed by atoms with E-state index in [0.717, 1.165) is 43.3 Å². The number of likely N-dealkylation sites (tertiary alicyclic amines) is 1. The van der Waals surface area contributed by atoms with Crippen molar-refractivity contribution in [1.82, 2.24) is 10.2 Å². The number of hydrogen-bond acceptors (Lipinski definition) is 5. The highest BCUT2D eigenvalue weighted by Gasteiger charge is 2.27. The van der Waals surface area contributed by atoms with Crippen LogP contribution in [0.3, 0.4) is 0 Å². The van der Waals surface area contributed by atoms with E-state index in [0.29, 0.717) is 10.9 Å². The predicted molar refractivity (Wildman–Crippen MR) is 117 cm³/mol. The Labute approximate surface area is 181 Å². The molecule has 0 aromatic carbocycles. The van der Waals surface area contributed by atoms with Gasteiger partial charge in [-0.05, 0) is 38.8 Å². The fraction of sp³-hybridized carbons (Fsp3) is 0.647. The molecule has 0 saturated carbocycles. The number of aliphatic hydroxyl groups is 1. The number of ether oxygens (including phenoxy) is 1. The quantitative estimate of drug-likeness (QED) is 0.263. The van der Waals surface area contributed by atoms with Crippen molar-refractivity contribution in [3.8, 4) is 0 Å². The van der Waals surface area contributed by atoms with Crippen molar-refractivity contribution in [2.75, 3.05) is 32.8 Å². The van der Waals surface area contributed by atoms with Crippen molar-refractivity contribution in [3.05, 3.63) is 21.3 Å². The molecular formula is C17H27ClIN3O3S. The lowest BCUT2D eigenvalue weighted by atomic mass is 9.97. The molecule has 2 heterocycles. The Morgan fingerprint density at radius 3 is 2.69 bits per heavy atom. The van der Waals surface area contributed by atoms with Crippen molar-refractivity contribution in [2.45, 2.75) is 32.8 Å². The second-order valence-electron chi connectivity index (χ2n) is 5.87. The Balaban J connectivity index is 0.00000338. The fourth-order valence-corrected chi connectivity index (χ4v) is 3.82. The summed E-state index contributed by atoms with van der Waals surface area (Å²) in [6.07, 6.45) is 0.849. The minimum absolute atomic E-state index is 0. The van der Waals surface area contributed by atoms with E-state index in [9.17, 15) is 9.90 Å².